The standard InChI is InChI=1S/C14H19N5O/c1-4-19-13(7-8-15-19)11(2)17-14(20)6-5-12-9-16-18(3)10-12/h5-11H,4H2,1-3H3,(H,17,20)/b6-5+. The summed E-state index contributed by atoms with van der Waals surface area (Å²) in [5, 5.41) is 11.2. The lowest BCUT2D eigenvalue weighted by Crippen LogP contribution is -2.26. The van der Waals surface area contributed by atoms with E-state index in [1.807, 2.05) is 37.8 Å². The average molecular weight is 273 g/mol. The maximum Gasteiger partial charge on any atom is 0.244 e. The number of nitrogens with one attached hydrogen (secondary N) is 1. The topological polar surface area (TPSA) is 64.7 Å². The van der Waals surface area contributed by atoms with Gasteiger partial charge in [-0.05, 0) is 26.0 Å². The third-order valence-electron chi connectivity index (χ3n) is 3.00. The molecule has 6 nitrogen and oxygen atoms in total. The molecule has 20 heavy (non-hydrogen) atoms. The Bertz CT molecular complexity index is 611. The molecule has 2 heterocycles. The molecule has 2 aromatic heterocycles. The summed E-state index contributed by atoms with van der Waals surface area (Å²) in [6.07, 6.45) is 8.55. The van der Waals surface area contributed by atoms with Gasteiger partial charge in [-0.1, -0.05) is 0 Å². The molecule has 0 saturated heterocycles. The number of rotatable bonds is 5. The van der Waals surface area contributed by atoms with Crippen molar-refractivity contribution in [1.29, 1.82) is 0 Å². The van der Waals surface area contributed by atoms with Gasteiger partial charge in [-0.25, -0.2) is 0 Å². The van der Waals surface area contributed by atoms with E-state index in [1.54, 1.807) is 23.2 Å². The number of aryl methyl sites for hydroxylation is 2. The summed E-state index contributed by atoms with van der Waals surface area (Å²) < 4.78 is 3.57. The Morgan fingerprint density at radius 1 is 1.50 bits per heavy atom. The molecule has 2 rings (SSSR count). The molecule has 0 bridgehead atoms. The minimum Gasteiger partial charge on any atom is -0.344 e. The molecule has 0 radical (unpaired) electrons. The number of aromatic nitrogens is 4. The second kappa shape index (κ2) is 6.18. The van der Waals surface area contributed by atoms with E-state index in [-0.39, 0.29) is 11.9 Å². The van der Waals surface area contributed by atoms with Crippen LogP contribution in [-0.2, 0) is 18.4 Å². The minimum atomic E-state index is -0.134. The maximum atomic E-state index is 11.9. The summed E-state index contributed by atoms with van der Waals surface area (Å²) in [5.41, 5.74) is 1.89. The highest BCUT2D eigenvalue weighted by Crippen LogP contribution is 2.11. The van der Waals surface area contributed by atoms with Crippen LogP contribution in [0, 0.1) is 0 Å². The predicted octanol–water partition coefficient (Wildman–Crippen LogP) is 1.53. The monoisotopic (exact) mass is 273 g/mol. The van der Waals surface area contributed by atoms with Gasteiger partial charge in [-0.15, -0.1) is 0 Å². The zero-order valence-corrected chi connectivity index (χ0v) is 11.9. The lowest BCUT2D eigenvalue weighted by atomic mass is 10.2. The van der Waals surface area contributed by atoms with Crippen molar-refractivity contribution in [3.8, 4) is 0 Å². The fourth-order valence-electron chi connectivity index (χ4n) is 2.01. The summed E-state index contributed by atoms with van der Waals surface area (Å²) in [6, 6.07) is 1.84. The lowest BCUT2D eigenvalue weighted by Gasteiger charge is -2.13. The zero-order valence-electron chi connectivity index (χ0n) is 11.9. The van der Waals surface area contributed by atoms with Crippen molar-refractivity contribution in [2.45, 2.75) is 26.4 Å². The SMILES string of the molecule is CCn1nccc1C(C)NC(=O)/C=C/c1cnn(C)c1. The summed E-state index contributed by atoms with van der Waals surface area (Å²) in [5.74, 6) is -0.134. The number of carbonyl (C=O) groups is 1. The Balaban J connectivity index is 1.96. The molecule has 0 saturated carbocycles. The first-order valence-corrected chi connectivity index (χ1v) is 6.59. The van der Waals surface area contributed by atoms with Gasteiger partial charge in [0.15, 0.2) is 0 Å². The van der Waals surface area contributed by atoms with Crippen LogP contribution in [0.2, 0.25) is 0 Å². The Morgan fingerprint density at radius 3 is 2.95 bits per heavy atom. The Labute approximate surface area is 118 Å². The lowest BCUT2D eigenvalue weighted by molar-refractivity contribution is -0.117. The van der Waals surface area contributed by atoms with Gasteiger partial charge in [0.05, 0.1) is 17.9 Å². The number of amides is 1. The van der Waals surface area contributed by atoms with Crippen LogP contribution in [0.15, 0.2) is 30.7 Å². The van der Waals surface area contributed by atoms with Gasteiger partial charge in [0.1, 0.15) is 0 Å². The van der Waals surface area contributed by atoms with Crippen molar-refractivity contribution in [1.82, 2.24) is 24.9 Å². The second-order valence-electron chi connectivity index (χ2n) is 4.58. The molecule has 0 spiro atoms. The molecule has 0 aliphatic rings. The Hall–Kier alpha value is -2.37. The fourth-order valence-corrected chi connectivity index (χ4v) is 2.01. The molecule has 2 aromatic rings. The van der Waals surface area contributed by atoms with Gasteiger partial charge in [0.2, 0.25) is 5.91 Å². The van der Waals surface area contributed by atoms with E-state index in [0.717, 1.165) is 17.8 Å². The number of nitrogens with zero attached hydrogens (tertiary/aromatic N) is 4. The van der Waals surface area contributed by atoms with Crippen molar-refractivity contribution in [3.63, 3.8) is 0 Å². The van der Waals surface area contributed by atoms with E-state index >= 15 is 0 Å². The smallest absolute Gasteiger partial charge is 0.244 e. The summed E-state index contributed by atoms with van der Waals surface area (Å²) in [6.45, 7) is 4.75. The third kappa shape index (κ3) is 3.34. The van der Waals surface area contributed by atoms with Crippen molar-refractivity contribution < 1.29 is 4.79 Å². The van der Waals surface area contributed by atoms with E-state index in [2.05, 4.69) is 15.5 Å². The highest BCUT2D eigenvalue weighted by Gasteiger charge is 2.11. The number of hydrogen-bond donors (Lipinski definition) is 1. The van der Waals surface area contributed by atoms with Crippen LogP contribution in [0.3, 0.4) is 0 Å². The van der Waals surface area contributed by atoms with E-state index in [0.29, 0.717) is 0 Å². The van der Waals surface area contributed by atoms with E-state index in [1.165, 1.54) is 6.08 Å². The van der Waals surface area contributed by atoms with Crippen LogP contribution in [0.5, 0.6) is 0 Å². The fraction of sp³-hybridized carbons (Fsp3) is 0.357. The van der Waals surface area contributed by atoms with Crippen LogP contribution in [0.1, 0.15) is 31.1 Å². The van der Waals surface area contributed by atoms with Crippen molar-refractivity contribution in [3.05, 3.63) is 42.0 Å². The average Bonchev–Trinajstić information content (AvgIpc) is 3.04. The molecule has 0 fully saturated rings. The number of carbonyl (C=O) groups excluding carboxylic acids is 1. The summed E-state index contributed by atoms with van der Waals surface area (Å²) >= 11 is 0. The molecule has 6 heteroatoms. The highest BCUT2D eigenvalue weighted by molar-refractivity contribution is 5.91. The normalized spacial score (nSPS) is 12.8. The van der Waals surface area contributed by atoms with Crippen LogP contribution < -0.4 is 5.32 Å². The first-order valence-electron chi connectivity index (χ1n) is 6.59. The molecular formula is C14H19N5O. The van der Waals surface area contributed by atoms with Gasteiger partial charge in [-0.2, -0.15) is 10.2 Å². The second-order valence-corrected chi connectivity index (χ2v) is 4.58. The van der Waals surface area contributed by atoms with Gasteiger partial charge in [0, 0.05) is 37.6 Å². The zero-order chi connectivity index (χ0) is 14.5. The molecule has 1 amide bonds. The molecule has 1 atom stereocenters. The first-order chi connectivity index (χ1) is 9.60. The van der Waals surface area contributed by atoms with Crippen LogP contribution in [0.4, 0.5) is 0 Å². The minimum absolute atomic E-state index is 0.0801. The highest BCUT2D eigenvalue weighted by atomic mass is 16.1. The third-order valence-corrected chi connectivity index (χ3v) is 3.00. The van der Waals surface area contributed by atoms with Crippen LogP contribution >= 0.6 is 0 Å². The molecule has 1 unspecified atom stereocenters. The first kappa shape index (κ1) is 14.0. The molecule has 0 aromatic carbocycles. The van der Waals surface area contributed by atoms with Gasteiger partial charge < -0.3 is 5.32 Å². The summed E-state index contributed by atoms with van der Waals surface area (Å²) in [7, 11) is 1.84. The van der Waals surface area contributed by atoms with Gasteiger partial charge in [-0.3, -0.25) is 14.2 Å². The molecule has 0 aliphatic heterocycles. The van der Waals surface area contributed by atoms with E-state index in [4.69, 9.17) is 0 Å². The van der Waals surface area contributed by atoms with Crippen molar-refractivity contribution in [2.24, 2.45) is 7.05 Å². The maximum absolute atomic E-state index is 11.9. The molecular weight excluding hydrogens is 254 g/mol. The number of hydrogen-bond acceptors (Lipinski definition) is 3. The van der Waals surface area contributed by atoms with Gasteiger partial charge in [0.25, 0.3) is 0 Å². The molecule has 0 aliphatic carbocycles. The molecule has 1 N–H and O–H groups in total. The molecule has 106 valence electrons. The van der Waals surface area contributed by atoms with Crippen molar-refractivity contribution in [2.75, 3.05) is 0 Å². The Kier molecular flexibility index (Phi) is 4.34. The van der Waals surface area contributed by atoms with Gasteiger partial charge >= 0.3 is 0 Å². The van der Waals surface area contributed by atoms with Crippen LogP contribution in [-0.4, -0.2) is 25.5 Å². The summed E-state index contributed by atoms with van der Waals surface area (Å²) in [4.78, 5) is 11.9. The van der Waals surface area contributed by atoms with Crippen molar-refractivity contribution >= 4 is 12.0 Å². The predicted molar refractivity (Wildman–Crippen MR) is 76.7 cm³/mol. The van der Waals surface area contributed by atoms with Crippen LogP contribution in [0.25, 0.3) is 6.08 Å². The largest absolute Gasteiger partial charge is 0.344 e. The van der Waals surface area contributed by atoms with E-state index in [9.17, 15) is 4.79 Å². The van der Waals surface area contributed by atoms with E-state index < -0.39 is 0 Å². The quantitative estimate of drug-likeness (QED) is 0.840. The Morgan fingerprint density at radius 2 is 2.30 bits per heavy atom.